The molecule has 32 heavy (non-hydrogen) atoms. The lowest BCUT2D eigenvalue weighted by molar-refractivity contribution is -0.133. The highest BCUT2D eigenvalue weighted by atomic mass is 35.5. The van der Waals surface area contributed by atoms with Crippen LogP contribution >= 0.6 is 11.6 Å². The van der Waals surface area contributed by atoms with Gasteiger partial charge in [-0.05, 0) is 48.0 Å². The number of esters is 1. The van der Waals surface area contributed by atoms with Crippen LogP contribution in [0, 0.1) is 11.3 Å². The van der Waals surface area contributed by atoms with Crippen LogP contribution in [0.2, 0.25) is 5.02 Å². The van der Waals surface area contributed by atoms with Crippen LogP contribution < -0.4 is 10.1 Å². The van der Waals surface area contributed by atoms with Crippen molar-refractivity contribution in [1.29, 1.82) is 5.26 Å². The lowest BCUT2D eigenvalue weighted by Gasteiger charge is -2.24. The largest absolute Gasteiger partial charge is 0.424 e. The minimum Gasteiger partial charge on any atom is -0.424 e. The Morgan fingerprint density at radius 1 is 1.12 bits per heavy atom. The monoisotopic (exact) mass is 442 g/mol. The summed E-state index contributed by atoms with van der Waals surface area (Å²) in [6.07, 6.45) is 3.53. The van der Waals surface area contributed by atoms with Gasteiger partial charge >= 0.3 is 5.97 Å². The van der Waals surface area contributed by atoms with Crippen molar-refractivity contribution in [1.82, 2.24) is 9.97 Å². The molecule has 0 saturated heterocycles. The fourth-order valence-corrected chi connectivity index (χ4v) is 3.66. The summed E-state index contributed by atoms with van der Waals surface area (Å²) in [5.41, 5.74) is 2.52. The molecule has 0 aliphatic carbocycles. The highest BCUT2D eigenvalue weighted by molar-refractivity contribution is 6.35. The number of aromatic nitrogens is 2. The molecule has 0 saturated carbocycles. The summed E-state index contributed by atoms with van der Waals surface area (Å²) in [4.78, 5) is 21.1. The molecule has 2 heterocycles. The Labute approximate surface area is 190 Å². The van der Waals surface area contributed by atoms with E-state index in [0.29, 0.717) is 38.6 Å². The van der Waals surface area contributed by atoms with Crippen LogP contribution in [0.4, 0.5) is 5.82 Å². The molecule has 0 amide bonds. The van der Waals surface area contributed by atoms with Crippen LogP contribution in [0.25, 0.3) is 10.9 Å². The van der Waals surface area contributed by atoms with Crippen LogP contribution in [0.1, 0.15) is 36.1 Å². The Hall–Kier alpha value is -3.95. The zero-order valence-electron chi connectivity index (χ0n) is 17.2. The lowest BCUT2D eigenvalue weighted by Crippen LogP contribution is -2.17. The molecule has 4 rings (SSSR count). The van der Waals surface area contributed by atoms with Gasteiger partial charge in [0.05, 0.1) is 22.7 Å². The summed E-state index contributed by atoms with van der Waals surface area (Å²) >= 11 is 6.62. The molecular formula is C25H19ClN4O2. The quantitative estimate of drug-likeness (QED) is 0.305. The third-order valence-electron chi connectivity index (χ3n) is 4.97. The number of pyridine rings is 2. The van der Waals surface area contributed by atoms with Crippen LogP contribution in [0.5, 0.6) is 5.75 Å². The SMILES string of the molecule is CCC(=O)Oc1c(C(Nc2ccccn2)c2ccc(C#N)cc2)cc(Cl)c2cccnc12. The number of nitrogens with zero attached hydrogens (tertiary/aromatic N) is 3. The number of anilines is 1. The number of fused-ring (bicyclic) bond motifs is 1. The smallest absolute Gasteiger partial charge is 0.310 e. The molecule has 0 bridgehead atoms. The van der Waals surface area contributed by atoms with Crippen LogP contribution in [0.15, 0.2) is 73.1 Å². The molecule has 1 atom stereocenters. The van der Waals surface area contributed by atoms with Gasteiger partial charge in [-0.25, -0.2) is 4.98 Å². The van der Waals surface area contributed by atoms with Gasteiger partial charge in [0.25, 0.3) is 0 Å². The predicted octanol–water partition coefficient (Wildman–Crippen LogP) is 5.67. The Morgan fingerprint density at radius 2 is 1.91 bits per heavy atom. The van der Waals surface area contributed by atoms with E-state index < -0.39 is 6.04 Å². The summed E-state index contributed by atoms with van der Waals surface area (Å²) < 4.78 is 5.78. The first-order valence-corrected chi connectivity index (χ1v) is 10.4. The molecule has 1 unspecified atom stereocenters. The molecule has 0 aliphatic heterocycles. The molecule has 0 radical (unpaired) electrons. The first-order chi connectivity index (χ1) is 15.6. The third kappa shape index (κ3) is 4.39. The molecule has 4 aromatic rings. The van der Waals surface area contributed by atoms with E-state index in [1.165, 1.54) is 0 Å². The van der Waals surface area contributed by atoms with E-state index >= 15 is 0 Å². The third-order valence-corrected chi connectivity index (χ3v) is 5.28. The highest BCUT2D eigenvalue weighted by Crippen LogP contribution is 2.40. The van der Waals surface area contributed by atoms with E-state index in [2.05, 4.69) is 21.4 Å². The van der Waals surface area contributed by atoms with Gasteiger partial charge < -0.3 is 10.1 Å². The minimum absolute atomic E-state index is 0.214. The van der Waals surface area contributed by atoms with Crippen molar-refractivity contribution < 1.29 is 9.53 Å². The second kappa shape index (κ2) is 9.46. The Bertz CT molecular complexity index is 1300. The standard InChI is InChI=1S/C25H19ClN4O2/c1-2-22(31)32-25-19(14-20(26)18-6-5-13-29-24(18)25)23(30-21-7-3-4-12-28-21)17-10-8-16(15-27)9-11-17/h3-14,23H,2H2,1H3,(H,28,30). The second-order valence-electron chi connectivity index (χ2n) is 7.03. The van der Waals surface area contributed by atoms with Crippen molar-refractivity contribution in [2.45, 2.75) is 19.4 Å². The average molecular weight is 443 g/mol. The normalized spacial score (nSPS) is 11.5. The van der Waals surface area contributed by atoms with Gasteiger partial charge in [-0.15, -0.1) is 0 Å². The number of hydrogen-bond acceptors (Lipinski definition) is 6. The average Bonchev–Trinajstić information content (AvgIpc) is 2.85. The zero-order valence-corrected chi connectivity index (χ0v) is 18.0. The first-order valence-electron chi connectivity index (χ1n) is 10.1. The van der Waals surface area contributed by atoms with E-state index in [9.17, 15) is 10.1 Å². The van der Waals surface area contributed by atoms with Crippen molar-refractivity contribution in [2.24, 2.45) is 0 Å². The molecule has 7 heteroatoms. The van der Waals surface area contributed by atoms with E-state index in [0.717, 1.165) is 5.56 Å². The molecular weight excluding hydrogens is 424 g/mol. The predicted molar refractivity (Wildman–Crippen MR) is 124 cm³/mol. The van der Waals surface area contributed by atoms with Crippen LogP contribution in [-0.4, -0.2) is 15.9 Å². The molecule has 0 aliphatic rings. The van der Waals surface area contributed by atoms with Gasteiger partial charge in [-0.2, -0.15) is 5.26 Å². The Kier molecular flexibility index (Phi) is 6.29. The fourth-order valence-electron chi connectivity index (χ4n) is 3.39. The summed E-state index contributed by atoms with van der Waals surface area (Å²) in [5, 5.41) is 13.8. The molecule has 158 valence electrons. The summed E-state index contributed by atoms with van der Waals surface area (Å²) in [6.45, 7) is 1.73. The Balaban J connectivity index is 1.94. The van der Waals surface area contributed by atoms with Crippen molar-refractivity contribution in [2.75, 3.05) is 5.32 Å². The van der Waals surface area contributed by atoms with E-state index in [4.69, 9.17) is 16.3 Å². The molecule has 1 N–H and O–H groups in total. The first kappa shape index (κ1) is 21.3. The van der Waals surface area contributed by atoms with Crippen molar-refractivity contribution in [3.8, 4) is 11.8 Å². The lowest BCUT2D eigenvalue weighted by atomic mass is 9.95. The number of nitriles is 1. The number of hydrogen-bond donors (Lipinski definition) is 1. The number of benzene rings is 2. The van der Waals surface area contributed by atoms with Gasteiger partial charge in [0.1, 0.15) is 11.3 Å². The van der Waals surface area contributed by atoms with Crippen molar-refractivity contribution in [3.05, 3.63) is 94.8 Å². The second-order valence-corrected chi connectivity index (χ2v) is 7.44. The molecule has 6 nitrogen and oxygen atoms in total. The maximum atomic E-state index is 12.3. The molecule has 0 fully saturated rings. The van der Waals surface area contributed by atoms with Gasteiger partial charge in [-0.1, -0.05) is 36.7 Å². The number of carbonyl (C=O) groups excluding carboxylic acids is 1. The van der Waals surface area contributed by atoms with Crippen molar-refractivity contribution >= 4 is 34.3 Å². The topological polar surface area (TPSA) is 87.9 Å². The van der Waals surface area contributed by atoms with E-state index in [-0.39, 0.29) is 12.4 Å². The van der Waals surface area contributed by atoms with Crippen LogP contribution in [0.3, 0.4) is 0 Å². The molecule has 2 aromatic carbocycles. The maximum absolute atomic E-state index is 12.3. The van der Waals surface area contributed by atoms with Gasteiger partial charge in [0.2, 0.25) is 0 Å². The maximum Gasteiger partial charge on any atom is 0.310 e. The summed E-state index contributed by atoms with van der Waals surface area (Å²) in [6, 6.07) is 19.8. The minimum atomic E-state index is -0.471. The number of rotatable bonds is 6. The van der Waals surface area contributed by atoms with E-state index in [1.807, 2.05) is 36.4 Å². The van der Waals surface area contributed by atoms with Crippen molar-refractivity contribution in [3.63, 3.8) is 0 Å². The van der Waals surface area contributed by atoms with Gasteiger partial charge in [0, 0.05) is 29.8 Å². The fraction of sp³-hybridized carbons (Fsp3) is 0.120. The van der Waals surface area contributed by atoms with Crippen LogP contribution in [-0.2, 0) is 4.79 Å². The summed E-state index contributed by atoms with van der Waals surface area (Å²) in [7, 11) is 0. The highest BCUT2D eigenvalue weighted by Gasteiger charge is 2.25. The number of ether oxygens (including phenoxy) is 1. The zero-order chi connectivity index (χ0) is 22.5. The van der Waals surface area contributed by atoms with Gasteiger partial charge in [0.15, 0.2) is 5.75 Å². The molecule has 2 aromatic heterocycles. The van der Waals surface area contributed by atoms with Gasteiger partial charge in [-0.3, -0.25) is 9.78 Å². The number of carbonyl (C=O) groups is 1. The summed E-state index contributed by atoms with van der Waals surface area (Å²) in [5.74, 6) is 0.596. The molecule has 0 spiro atoms. The van der Waals surface area contributed by atoms with E-state index in [1.54, 1.807) is 43.6 Å². The number of nitrogens with one attached hydrogen (secondary N) is 1. The number of halogens is 1. The Morgan fingerprint density at radius 3 is 2.59 bits per heavy atom.